The predicted molar refractivity (Wildman–Crippen MR) is 96.9 cm³/mol. The maximum atomic E-state index is 12.7. The van der Waals surface area contributed by atoms with Gasteiger partial charge in [-0.3, -0.25) is 9.59 Å². The SMILES string of the molecule is COc1ccc(Cl)cc1N1CC(C(=O)NC2(CN)CCCC2)CC1=O. The Bertz CT molecular complexity index is 674. The number of amides is 2. The molecule has 1 aromatic rings. The number of hydrogen-bond donors (Lipinski definition) is 2. The van der Waals surface area contributed by atoms with Crippen molar-refractivity contribution in [1.82, 2.24) is 5.32 Å². The van der Waals surface area contributed by atoms with Gasteiger partial charge in [-0.25, -0.2) is 0 Å². The average Bonchev–Trinajstić information content (AvgIpc) is 3.22. The number of nitrogens with two attached hydrogens (primary N) is 1. The zero-order chi connectivity index (χ0) is 18.0. The molecule has 1 unspecified atom stereocenters. The first-order chi connectivity index (χ1) is 12.0. The molecule has 0 aromatic heterocycles. The summed E-state index contributed by atoms with van der Waals surface area (Å²) >= 11 is 6.06. The van der Waals surface area contributed by atoms with E-state index in [0.717, 1.165) is 25.7 Å². The Balaban J connectivity index is 1.74. The van der Waals surface area contributed by atoms with Crippen molar-refractivity contribution in [3.8, 4) is 5.75 Å². The van der Waals surface area contributed by atoms with Crippen LogP contribution >= 0.6 is 11.6 Å². The number of halogens is 1. The van der Waals surface area contributed by atoms with Crippen LogP contribution in [-0.2, 0) is 9.59 Å². The number of anilines is 1. The van der Waals surface area contributed by atoms with Crippen molar-refractivity contribution in [3.05, 3.63) is 23.2 Å². The molecule has 1 aliphatic carbocycles. The van der Waals surface area contributed by atoms with Gasteiger partial charge in [0.15, 0.2) is 0 Å². The van der Waals surface area contributed by atoms with Gasteiger partial charge in [-0.15, -0.1) is 0 Å². The Morgan fingerprint density at radius 3 is 2.80 bits per heavy atom. The summed E-state index contributed by atoms with van der Waals surface area (Å²) in [6, 6.07) is 5.12. The summed E-state index contributed by atoms with van der Waals surface area (Å²) in [6.45, 7) is 0.757. The average molecular weight is 366 g/mol. The Morgan fingerprint density at radius 2 is 2.16 bits per heavy atom. The van der Waals surface area contributed by atoms with Gasteiger partial charge >= 0.3 is 0 Å². The van der Waals surface area contributed by atoms with Crippen molar-refractivity contribution in [2.45, 2.75) is 37.6 Å². The third kappa shape index (κ3) is 3.60. The van der Waals surface area contributed by atoms with Gasteiger partial charge < -0.3 is 20.7 Å². The minimum atomic E-state index is -0.389. The second kappa shape index (κ2) is 7.22. The van der Waals surface area contributed by atoms with Gasteiger partial charge in [0, 0.05) is 24.5 Å². The van der Waals surface area contributed by atoms with Gasteiger partial charge in [-0.2, -0.15) is 0 Å². The number of methoxy groups -OCH3 is 1. The summed E-state index contributed by atoms with van der Waals surface area (Å²) in [5.74, 6) is -0.0219. The molecule has 0 radical (unpaired) electrons. The Hall–Kier alpha value is -1.79. The van der Waals surface area contributed by atoms with E-state index in [0.29, 0.717) is 29.5 Å². The van der Waals surface area contributed by atoms with E-state index in [4.69, 9.17) is 22.1 Å². The monoisotopic (exact) mass is 365 g/mol. The van der Waals surface area contributed by atoms with Crippen LogP contribution in [0.4, 0.5) is 5.69 Å². The van der Waals surface area contributed by atoms with Crippen LogP contribution in [0.15, 0.2) is 18.2 Å². The fourth-order valence-corrected chi connectivity index (χ4v) is 3.95. The summed E-state index contributed by atoms with van der Waals surface area (Å²) in [5.41, 5.74) is 6.19. The molecule has 3 rings (SSSR count). The lowest BCUT2D eigenvalue weighted by Crippen LogP contribution is -2.53. The summed E-state index contributed by atoms with van der Waals surface area (Å²) in [4.78, 5) is 26.8. The van der Waals surface area contributed by atoms with E-state index >= 15 is 0 Å². The van der Waals surface area contributed by atoms with Gasteiger partial charge in [-0.05, 0) is 31.0 Å². The quantitative estimate of drug-likeness (QED) is 0.836. The number of carbonyl (C=O) groups is 2. The van der Waals surface area contributed by atoms with Crippen LogP contribution in [0.1, 0.15) is 32.1 Å². The molecule has 0 bridgehead atoms. The molecule has 2 fully saturated rings. The maximum Gasteiger partial charge on any atom is 0.227 e. The summed E-state index contributed by atoms with van der Waals surface area (Å²) < 4.78 is 5.33. The molecule has 1 heterocycles. The van der Waals surface area contributed by atoms with Crippen molar-refractivity contribution >= 4 is 29.1 Å². The number of rotatable bonds is 5. The number of ether oxygens (including phenoxy) is 1. The van der Waals surface area contributed by atoms with Gasteiger partial charge in [0.2, 0.25) is 11.8 Å². The zero-order valence-corrected chi connectivity index (χ0v) is 15.1. The Morgan fingerprint density at radius 1 is 1.44 bits per heavy atom. The molecule has 2 aliphatic rings. The first-order valence-corrected chi connectivity index (χ1v) is 9.02. The second-order valence-corrected chi connectivity index (χ2v) is 7.34. The van der Waals surface area contributed by atoms with E-state index in [9.17, 15) is 9.59 Å². The zero-order valence-electron chi connectivity index (χ0n) is 14.4. The summed E-state index contributed by atoms with van der Waals surface area (Å²) in [7, 11) is 1.54. The molecule has 1 atom stereocenters. The highest BCUT2D eigenvalue weighted by atomic mass is 35.5. The molecular weight excluding hydrogens is 342 g/mol. The highest BCUT2D eigenvalue weighted by Crippen LogP contribution is 2.36. The third-order valence-electron chi connectivity index (χ3n) is 5.27. The molecule has 1 saturated heterocycles. The molecule has 7 heteroatoms. The van der Waals surface area contributed by atoms with E-state index in [-0.39, 0.29) is 29.7 Å². The van der Waals surface area contributed by atoms with Crippen molar-refractivity contribution in [2.24, 2.45) is 11.7 Å². The van der Waals surface area contributed by atoms with E-state index < -0.39 is 0 Å². The van der Waals surface area contributed by atoms with Crippen LogP contribution in [0.5, 0.6) is 5.75 Å². The van der Waals surface area contributed by atoms with Crippen LogP contribution in [-0.4, -0.2) is 37.6 Å². The molecule has 6 nitrogen and oxygen atoms in total. The van der Waals surface area contributed by atoms with Gasteiger partial charge in [0.05, 0.1) is 24.3 Å². The number of hydrogen-bond acceptors (Lipinski definition) is 4. The molecule has 136 valence electrons. The molecule has 3 N–H and O–H groups in total. The molecule has 25 heavy (non-hydrogen) atoms. The molecule has 1 aliphatic heterocycles. The highest BCUT2D eigenvalue weighted by Gasteiger charge is 2.40. The minimum absolute atomic E-state index is 0.0933. The van der Waals surface area contributed by atoms with Gasteiger partial charge in [0.25, 0.3) is 0 Å². The Kier molecular flexibility index (Phi) is 5.20. The lowest BCUT2D eigenvalue weighted by molar-refractivity contribution is -0.127. The molecular formula is C18H24ClN3O3. The number of nitrogens with zero attached hydrogens (tertiary/aromatic N) is 1. The van der Waals surface area contributed by atoms with Crippen LogP contribution in [0.25, 0.3) is 0 Å². The second-order valence-electron chi connectivity index (χ2n) is 6.90. The largest absolute Gasteiger partial charge is 0.495 e. The van der Waals surface area contributed by atoms with Crippen molar-refractivity contribution < 1.29 is 14.3 Å². The van der Waals surface area contributed by atoms with E-state index in [1.807, 2.05) is 0 Å². The normalized spacial score (nSPS) is 22.3. The van der Waals surface area contributed by atoms with Crippen LogP contribution in [0.3, 0.4) is 0 Å². The first-order valence-electron chi connectivity index (χ1n) is 8.64. The summed E-state index contributed by atoms with van der Waals surface area (Å²) in [6.07, 6.45) is 4.14. The summed E-state index contributed by atoms with van der Waals surface area (Å²) in [5, 5.41) is 3.63. The van der Waals surface area contributed by atoms with Crippen LogP contribution < -0.4 is 20.7 Å². The third-order valence-corrected chi connectivity index (χ3v) is 5.50. The molecule has 2 amide bonds. The van der Waals surface area contributed by atoms with Crippen molar-refractivity contribution in [1.29, 1.82) is 0 Å². The Labute approximate surface area is 152 Å². The smallest absolute Gasteiger partial charge is 0.227 e. The molecule has 0 spiro atoms. The topological polar surface area (TPSA) is 84.7 Å². The van der Waals surface area contributed by atoms with Gasteiger partial charge in [-0.1, -0.05) is 24.4 Å². The standard InChI is InChI=1S/C18H24ClN3O3/c1-25-15-5-4-13(19)9-14(15)22-10-12(8-16(22)23)17(24)21-18(11-20)6-2-3-7-18/h4-5,9,12H,2-3,6-8,10-11,20H2,1H3,(H,21,24). The van der Waals surface area contributed by atoms with Crippen LogP contribution in [0, 0.1) is 5.92 Å². The first kappa shape index (κ1) is 18.0. The van der Waals surface area contributed by atoms with E-state index in [1.54, 1.807) is 30.2 Å². The number of nitrogens with one attached hydrogen (secondary N) is 1. The number of benzene rings is 1. The van der Waals surface area contributed by atoms with Crippen LogP contribution in [0.2, 0.25) is 5.02 Å². The lowest BCUT2D eigenvalue weighted by atomic mass is 9.96. The van der Waals surface area contributed by atoms with Crippen molar-refractivity contribution in [2.75, 3.05) is 25.1 Å². The van der Waals surface area contributed by atoms with E-state index in [2.05, 4.69) is 5.32 Å². The molecule has 1 aromatic carbocycles. The van der Waals surface area contributed by atoms with Gasteiger partial charge in [0.1, 0.15) is 5.75 Å². The highest BCUT2D eigenvalue weighted by molar-refractivity contribution is 6.31. The maximum absolute atomic E-state index is 12.7. The predicted octanol–water partition coefficient (Wildman–Crippen LogP) is 2.09. The van der Waals surface area contributed by atoms with Crippen molar-refractivity contribution in [3.63, 3.8) is 0 Å². The molecule has 1 saturated carbocycles. The fourth-order valence-electron chi connectivity index (χ4n) is 3.79. The number of carbonyl (C=O) groups excluding carboxylic acids is 2. The van der Waals surface area contributed by atoms with E-state index in [1.165, 1.54) is 0 Å². The fraction of sp³-hybridized carbons (Fsp3) is 0.556. The minimum Gasteiger partial charge on any atom is -0.495 e. The lowest BCUT2D eigenvalue weighted by Gasteiger charge is -2.30.